The Hall–Kier alpha value is -5.34. The average molecular weight is 853 g/mol. The van der Waals surface area contributed by atoms with Crippen LogP contribution in [-0.2, 0) is 66.7 Å². The summed E-state index contributed by atoms with van der Waals surface area (Å²) in [5.41, 5.74) is 1.84. The molecular weight excluding hydrogens is 806 g/mol. The van der Waals surface area contributed by atoms with Crippen LogP contribution in [-0.4, -0.2) is 44.9 Å². The van der Waals surface area contributed by atoms with Gasteiger partial charge in [-0.25, -0.2) is 0 Å². The molecule has 0 bridgehead atoms. The van der Waals surface area contributed by atoms with Crippen molar-refractivity contribution in [1.29, 1.82) is 0 Å². The van der Waals surface area contributed by atoms with E-state index in [9.17, 15) is 21.6 Å². The quantitative estimate of drug-likeness (QED) is 0.0624. The van der Waals surface area contributed by atoms with E-state index in [-0.39, 0.29) is 19.8 Å². The molecule has 61 heavy (non-hydrogen) atoms. The number of hydrogen-bond acceptors (Lipinski definition) is 8. The summed E-state index contributed by atoms with van der Waals surface area (Å²) in [6.45, 7) is 3.38. The molecule has 0 N–H and O–H groups in total. The zero-order chi connectivity index (χ0) is 42.7. The summed E-state index contributed by atoms with van der Waals surface area (Å²) >= 11 is 0. The summed E-state index contributed by atoms with van der Waals surface area (Å²) in [6.07, 6.45) is -2.80. The van der Waals surface area contributed by atoms with E-state index in [0.717, 1.165) is 44.5 Å². The third-order valence-corrected chi connectivity index (χ3v) is 11.4. The summed E-state index contributed by atoms with van der Waals surface area (Å²) in [7, 11) is -5.80. The first-order chi connectivity index (χ1) is 29.5. The lowest BCUT2D eigenvalue weighted by atomic mass is 9.88. The van der Waals surface area contributed by atoms with Gasteiger partial charge in [0.15, 0.2) is 0 Å². The van der Waals surface area contributed by atoms with E-state index >= 15 is 0 Å². The van der Waals surface area contributed by atoms with Crippen LogP contribution in [0.4, 0.5) is 13.2 Å². The van der Waals surface area contributed by atoms with Gasteiger partial charge in [0.1, 0.15) is 36.3 Å². The number of rotatable bonds is 18. The van der Waals surface area contributed by atoms with Crippen molar-refractivity contribution in [3.8, 4) is 5.75 Å². The minimum absolute atomic E-state index is 0.193. The molecule has 0 saturated carbocycles. The van der Waals surface area contributed by atoms with E-state index in [2.05, 4.69) is 4.18 Å². The number of ether oxygens (including phenoxy) is 5. The molecule has 0 spiro atoms. The third-order valence-electron chi connectivity index (χ3n) is 10.4. The zero-order valence-corrected chi connectivity index (χ0v) is 34.3. The fraction of sp³-hybridized carbons (Fsp3) is 0.265. The van der Waals surface area contributed by atoms with Crippen molar-refractivity contribution in [2.75, 3.05) is 6.61 Å². The van der Waals surface area contributed by atoms with Crippen molar-refractivity contribution in [3.05, 3.63) is 208 Å². The first-order valence-electron chi connectivity index (χ1n) is 20.0. The predicted molar refractivity (Wildman–Crippen MR) is 225 cm³/mol. The molecule has 6 aromatic rings. The Kier molecular flexibility index (Phi) is 14.7. The Bertz CT molecular complexity index is 2370. The lowest BCUT2D eigenvalue weighted by Gasteiger charge is -2.46. The van der Waals surface area contributed by atoms with Crippen molar-refractivity contribution in [1.82, 2.24) is 0 Å². The highest BCUT2D eigenvalue weighted by atomic mass is 32.2. The van der Waals surface area contributed by atoms with Gasteiger partial charge in [-0.05, 0) is 70.0 Å². The Balaban J connectivity index is 1.23. The number of hydrogen-bond donors (Lipinski definition) is 0. The molecule has 5 atom stereocenters. The fourth-order valence-electron chi connectivity index (χ4n) is 7.17. The molecule has 1 unspecified atom stereocenters. The van der Waals surface area contributed by atoms with E-state index in [0.29, 0.717) is 19.6 Å². The van der Waals surface area contributed by atoms with Crippen LogP contribution in [0.3, 0.4) is 0 Å². The Labute approximate surface area is 354 Å². The predicted octanol–water partition coefficient (Wildman–Crippen LogP) is 10.2. The van der Waals surface area contributed by atoms with Crippen LogP contribution >= 0.6 is 0 Å². The second-order valence-corrected chi connectivity index (χ2v) is 16.4. The number of benzene rings is 6. The van der Waals surface area contributed by atoms with Crippen LogP contribution in [0.5, 0.6) is 5.75 Å². The SMILES string of the molecule is Cc1ccc(C2O[C@H](COCc3ccccc3)[C@@H](OCc3ccccc3)[C@H](OCc3ccccc3)[C@H]2OCc2ccccc2)cc1Cc1ccc(OS(=O)(=O)C(F)(F)F)cc1. The molecule has 0 aliphatic carbocycles. The van der Waals surface area contributed by atoms with E-state index in [1.165, 1.54) is 12.1 Å². The molecule has 318 valence electrons. The second kappa shape index (κ2) is 20.5. The highest BCUT2D eigenvalue weighted by Gasteiger charge is 2.50. The molecule has 0 radical (unpaired) electrons. The Morgan fingerprint density at radius 1 is 0.557 bits per heavy atom. The minimum Gasteiger partial charge on any atom is -0.376 e. The maximum Gasteiger partial charge on any atom is 0.534 e. The van der Waals surface area contributed by atoms with E-state index in [1.807, 2.05) is 146 Å². The standard InChI is InChI=1S/C49H47F3O8S/c1-35-22-25-41(29-42(35)28-36-23-26-43(27-24-36)60-61(53,54)49(50,51)52)45-47(57-32-39-18-10-4-11-19-39)48(58-33-40-20-12-5-13-21-40)46(56-31-38-16-8-3-9-17-38)44(59-45)34-55-30-37-14-6-2-7-15-37/h2-27,29,44-48H,28,30-34H2,1H3/t44-,45?,46-,47+,48+/m1/s1. The molecule has 0 aromatic heterocycles. The summed E-state index contributed by atoms with van der Waals surface area (Å²) in [4.78, 5) is 0. The zero-order valence-electron chi connectivity index (χ0n) is 33.5. The molecular formula is C49H47F3O8S. The second-order valence-electron chi connectivity index (χ2n) is 14.9. The van der Waals surface area contributed by atoms with Crippen molar-refractivity contribution >= 4 is 10.1 Å². The molecule has 1 fully saturated rings. The summed E-state index contributed by atoms with van der Waals surface area (Å²) in [5.74, 6) is -0.438. The first kappa shape index (κ1) is 43.7. The number of alkyl halides is 3. The molecule has 6 aromatic carbocycles. The van der Waals surface area contributed by atoms with Crippen molar-refractivity contribution in [3.63, 3.8) is 0 Å². The highest BCUT2D eigenvalue weighted by molar-refractivity contribution is 7.88. The molecule has 7 rings (SSSR count). The normalized spacial score (nSPS) is 19.4. The molecule has 1 aliphatic heterocycles. The average Bonchev–Trinajstić information content (AvgIpc) is 3.27. The van der Waals surface area contributed by atoms with Crippen LogP contribution in [0.1, 0.15) is 50.6 Å². The van der Waals surface area contributed by atoms with Crippen LogP contribution in [0, 0.1) is 6.92 Å². The van der Waals surface area contributed by atoms with Crippen molar-refractivity contribution in [2.45, 2.75) is 75.8 Å². The number of aryl methyl sites for hydroxylation is 1. The Morgan fingerprint density at radius 3 is 1.54 bits per heavy atom. The van der Waals surface area contributed by atoms with Crippen LogP contribution in [0.15, 0.2) is 164 Å². The van der Waals surface area contributed by atoms with E-state index < -0.39 is 51.9 Å². The molecule has 0 amide bonds. The summed E-state index contributed by atoms with van der Waals surface area (Å²) in [5, 5.41) is 0. The molecule has 1 saturated heterocycles. The van der Waals surface area contributed by atoms with Gasteiger partial charge in [0.25, 0.3) is 0 Å². The maximum atomic E-state index is 13.0. The molecule has 8 nitrogen and oxygen atoms in total. The van der Waals surface area contributed by atoms with Gasteiger partial charge < -0.3 is 27.9 Å². The van der Waals surface area contributed by atoms with Gasteiger partial charge in [0.05, 0.1) is 33.0 Å². The van der Waals surface area contributed by atoms with Crippen LogP contribution in [0.2, 0.25) is 0 Å². The van der Waals surface area contributed by atoms with E-state index in [4.69, 9.17) is 23.7 Å². The van der Waals surface area contributed by atoms with Gasteiger partial charge in [-0.2, -0.15) is 21.6 Å². The molecule has 12 heteroatoms. The summed E-state index contributed by atoms with van der Waals surface area (Å²) in [6, 6.07) is 51.2. The smallest absolute Gasteiger partial charge is 0.376 e. The van der Waals surface area contributed by atoms with Crippen LogP contribution in [0.25, 0.3) is 0 Å². The molecule has 1 heterocycles. The van der Waals surface area contributed by atoms with Gasteiger partial charge in [0, 0.05) is 0 Å². The van der Waals surface area contributed by atoms with Gasteiger partial charge in [-0.15, -0.1) is 0 Å². The van der Waals surface area contributed by atoms with Gasteiger partial charge in [-0.3, -0.25) is 0 Å². The topological polar surface area (TPSA) is 89.5 Å². The minimum atomic E-state index is -5.80. The fourth-order valence-corrected chi connectivity index (χ4v) is 7.63. The van der Waals surface area contributed by atoms with E-state index in [1.54, 1.807) is 12.1 Å². The van der Waals surface area contributed by atoms with Crippen molar-refractivity contribution in [2.24, 2.45) is 0 Å². The summed E-state index contributed by atoms with van der Waals surface area (Å²) < 4.78 is 100. The maximum absolute atomic E-state index is 13.0. The van der Waals surface area contributed by atoms with Crippen molar-refractivity contribution < 1.29 is 49.5 Å². The third kappa shape index (κ3) is 11.9. The lowest BCUT2D eigenvalue weighted by Crippen LogP contribution is -2.58. The Morgan fingerprint density at radius 2 is 1.03 bits per heavy atom. The van der Waals surface area contributed by atoms with Crippen LogP contribution < -0.4 is 4.18 Å². The molecule has 1 aliphatic rings. The van der Waals surface area contributed by atoms with Gasteiger partial charge >= 0.3 is 15.6 Å². The van der Waals surface area contributed by atoms with Gasteiger partial charge in [0.2, 0.25) is 0 Å². The lowest BCUT2D eigenvalue weighted by molar-refractivity contribution is -0.275. The van der Waals surface area contributed by atoms with Gasteiger partial charge in [-0.1, -0.05) is 152 Å². The monoisotopic (exact) mass is 852 g/mol. The first-order valence-corrected chi connectivity index (χ1v) is 21.4. The number of halogens is 3. The highest BCUT2D eigenvalue weighted by Crippen LogP contribution is 2.39. The largest absolute Gasteiger partial charge is 0.534 e.